The monoisotopic (exact) mass is 380 g/mol. The predicted octanol–water partition coefficient (Wildman–Crippen LogP) is 5.96. The van der Waals surface area contributed by atoms with Gasteiger partial charge >= 0.3 is 7.12 Å². The van der Waals surface area contributed by atoms with Crippen molar-refractivity contribution in [2.24, 2.45) is 0 Å². The Morgan fingerprint density at radius 3 is 1.93 bits per heavy atom. The summed E-state index contributed by atoms with van der Waals surface area (Å²) >= 11 is 0. The predicted molar refractivity (Wildman–Crippen MR) is 123 cm³/mol. The molecule has 0 aliphatic carbocycles. The number of hydrogen-bond acceptors (Lipinski definition) is 2. The molecule has 1 heterocycles. The second-order valence-electron chi connectivity index (χ2n) is 8.90. The van der Waals surface area contributed by atoms with Crippen LogP contribution in [0.3, 0.4) is 0 Å². The highest BCUT2D eigenvalue weighted by molar-refractivity contribution is 6.62. The summed E-state index contributed by atoms with van der Waals surface area (Å²) in [5.41, 5.74) is 2.88. The van der Waals surface area contributed by atoms with Gasteiger partial charge in [0, 0.05) is 0 Å². The van der Waals surface area contributed by atoms with Gasteiger partial charge in [-0.15, -0.1) is 0 Å². The largest absolute Gasteiger partial charge is 0.494 e. The van der Waals surface area contributed by atoms with Gasteiger partial charge in [0.05, 0.1) is 11.2 Å². The number of rotatable bonds is 2. The Balaban J connectivity index is 1.69. The zero-order chi connectivity index (χ0) is 20.2. The Kier molecular flexibility index (Phi) is 4.09. The maximum Gasteiger partial charge on any atom is 0.494 e. The van der Waals surface area contributed by atoms with E-state index in [9.17, 15) is 0 Å². The Morgan fingerprint density at radius 2 is 1.24 bits per heavy atom. The Bertz CT molecular complexity index is 1200. The molecule has 3 heteroatoms. The van der Waals surface area contributed by atoms with Crippen LogP contribution in [0.25, 0.3) is 32.7 Å². The van der Waals surface area contributed by atoms with E-state index in [-0.39, 0.29) is 18.3 Å². The van der Waals surface area contributed by atoms with Gasteiger partial charge < -0.3 is 9.31 Å². The minimum absolute atomic E-state index is 0.341. The van der Waals surface area contributed by atoms with Crippen molar-refractivity contribution in [3.63, 3.8) is 0 Å². The zero-order valence-electron chi connectivity index (χ0n) is 17.4. The zero-order valence-corrected chi connectivity index (χ0v) is 17.4. The molecule has 0 atom stereocenters. The second-order valence-corrected chi connectivity index (χ2v) is 8.90. The standard InChI is InChI=1S/C26H25BO2/c1-25(2)26(3,4)29-27(28-25)20-15-14-19-16-23(18-10-6-5-7-11-18)21-12-8-9-13-22(21)24(19)17-20/h5-17H,1-4H3. The van der Waals surface area contributed by atoms with Crippen LogP contribution in [-0.4, -0.2) is 18.3 Å². The Labute approximate surface area is 172 Å². The van der Waals surface area contributed by atoms with E-state index in [1.54, 1.807) is 0 Å². The molecule has 5 rings (SSSR count). The van der Waals surface area contributed by atoms with E-state index in [1.807, 2.05) is 0 Å². The van der Waals surface area contributed by atoms with Crippen LogP contribution in [0.15, 0.2) is 78.9 Å². The molecule has 4 aromatic carbocycles. The fraction of sp³-hybridized carbons (Fsp3) is 0.231. The van der Waals surface area contributed by atoms with Gasteiger partial charge in [0.1, 0.15) is 0 Å². The first-order valence-corrected chi connectivity index (χ1v) is 10.2. The third-order valence-electron chi connectivity index (χ3n) is 6.49. The molecule has 0 saturated carbocycles. The molecule has 0 unspecified atom stereocenters. The van der Waals surface area contributed by atoms with Crippen molar-refractivity contribution in [2.45, 2.75) is 38.9 Å². The number of hydrogen-bond donors (Lipinski definition) is 0. The van der Waals surface area contributed by atoms with Crippen molar-refractivity contribution in [1.82, 2.24) is 0 Å². The van der Waals surface area contributed by atoms with Gasteiger partial charge in [-0.1, -0.05) is 72.8 Å². The van der Waals surface area contributed by atoms with E-state index >= 15 is 0 Å². The molecule has 0 spiro atoms. The van der Waals surface area contributed by atoms with Gasteiger partial charge in [-0.2, -0.15) is 0 Å². The van der Waals surface area contributed by atoms with Crippen LogP contribution in [0.4, 0.5) is 0 Å². The maximum atomic E-state index is 6.28. The minimum Gasteiger partial charge on any atom is -0.399 e. The van der Waals surface area contributed by atoms with Gasteiger partial charge in [-0.05, 0) is 71.9 Å². The highest BCUT2D eigenvalue weighted by Gasteiger charge is 2.51. The molecule has 1 aliphatic rings. The summed E-state index contributed by atoms with van der Waals surface area (Å²) < 4.78 is 12.6. The Morgan fingerprint density at radius 1 is 0.621 bits per heavy atom. The molecule has 4 aromatic rings. The van der Waals surface area contributed by atoms with Gasteiger partial charge in [0.25, 0.3) is 0 Å². The lowest BCUT2D eigenvalue weighted by molar-refractivity contribution is 0.00578. The molecule has 0 radical (unpaired) electrons. The first-order valence-electron chi connectivity index (χ1n) is 10.2. The third kappa shape index (κ3) is 2.97. The van der Waals surface area contributed by atoms with Crippen LogP contribution in [0.5, 0.6) is 0 Å². The van der Waals surface area contributed by atoms with E-state index in [2.05, 4.69) is 107 Å². The summed E-state index contributed by atoms with van der Waals surface area (Å²) in [5, 5.41) is 4.97. The molecular weight excluding hydrogens is 355 g/mol. The van der Waals surface area contributed by atoms with E-state index in [1.165, 1.54) is 32.7 Å². The summed E-state index contributed by atoms with van der Waals surface area (Å²) in [6, 6.07) is 28.1. The molecule has 0 amide bonds. The van der Waals surface area contributed by atoms with E-state index in [0.717, 1.165) is 5.46 Å². The van der Waals surface area contributed by atoms with Gasteiger partial charge in [-0.3, -0.25) is 0 Å². The SMILES string of the molecule is CC1(C)OB(c2ccc3cc(-c4ccccc4)c4ccccc4c3c2)OC1(C)C. The molecule has 0 bridgehead atoms. The summed E-state index contributed by atoms with van der Waals surface area (Å²) in [6.45, 7) is 8.37. The summed E-state index contributed by atoms with van der Waals surface area (Å²) in [6.07, 6.45) is 0. The van der Waals surface area contributed by atoms with Crippen LogP contribution in [0.1, 0.15) is 27.7 Å². The fourth-order valence-electron chi connectivity index (χ4n) is 4.10. The average molecular weight is 380 g/mol. The first kappa shape index (κ1) is 18.4. The van der Waals surface area contributed by atoms with Crippen molar-refractivity contribution in [2.75, 3.05) is 0 Å². The van der Waals surface area contributed by atoms with Gasteiger partial charge in [0.2, 0.25) is 0 Å². The summed E-state index contributed by atoms with van der Waals surface area (Å²) in [7, 11) is -0.350. The van der Waals surface area contributed by atoms with Crippen LogP contribution in [0.2, 0.25) is 0 Å². The van der Waals surface area contributed by atoms with E-state index < -0.39 is 0 Å². The van der Waals surface area contributed by atoms with Crippen molar-refractivity contribution in [3.8, 4) is 11.1 Å². The minimum atomic E-state index is -0.350. The van der Waals surface area contributed by atoms with Crippen molar-refractivity contribution >= 4 is 34.1 Å². The van der Waals surface area contributed by atoms with Crippen molar-refractivity contribution in [1.29, 1.82) is 0 Å². The van der Waals surface area contributed by atoms with Crippen LogP contribution < -0.4 is 5.46 Å². The molecule has 0 aromatic heterocycles. The van der Waals surface area contributed by atoms with Gasteiger partial charge in [0.15, 0.2) is 0 Å². The molecule has 0 N–H and O–H groups in total. The smallest absolute Gasteiger partial charge is 0.399 e. The molecule has 144 valence electrons. The highest BCUT2D eigenvalue weighted by Crippen LogP contribution is 2.38. The normalized spacial score (nSPS) is 17.9. The van der Waals surface area contributed by atoms with Crippen molar-refractivity contribution < 1.29 is 9.31 Å². The lowest BCUT2D eigenvalue weighted by Gasteiger charge is -2.32. The van der Waals surface area contributed by atoms with Crippen LogP contribution in [-0.2, 0) is 9.31 Å². The van der Waals surface area contributed by atoms with Crippen LogP contribution in [0, 0.1) is 0 Å². The molecule has 1 saturated heterocycles. The average Bonchev–Trinajstić information content (AvgIpc) is 2.95. The number of benzene rings is 4. The molecule has 1 fully saturated rings. The Hall–Kier alpha value is -2.62. The van der Waals surface area contributed by atoms with E-state index in [4.69, 9.17) is 9.31 Å². The van der Waals surface area contributed by atoms with E-state index in [0.29, 0.717) is 0 Å². The molecule has 1 aliphatic heterocycles. The summed E-state index contributed by atoms with van der Waals surface area (Å²) in [4.78, 5) is 0. The third-order valence-corrected chi connectivity index (χ3v) is 6.49. The topological polar surface area (TPSA) is 18.5 Å². The second kappa shape index (κ2) is 6.45. The lowest BCUT2D eigenvalue weighted by atomic mass is 9.77. The fourth-order valence-corrected chi connectivity index (χ4v) is 4.10. The first-order chi connectivity index (χ1) is 13.9. The molecule has 2 nitrogen and oxygen atoms in total. The van der Waals surface area contributed by atoms with Crippen LogP contribution >= 0.6 is 0 Å². The molecule has 29 heavy (non-hydrogen) atoms. The maximum absolute atomic E-state index is 6.28. The summed E-state index contributed by atoms with van der Waals surface area (Å²) in [5.74, 6) is 0. The van der Waals surface area contributed by atoms with Crippen molar-refractivity contribution in [3.05, 3.63) is 78.9 Å². The molecular formula is C26H25BO2. The van der Waals surface area contributed by atoms with Gasteiger partial charge in [-0.25, -0.2) is 0 Å². The highest BCUT2D eigenvalue weighted by atomic mass is 16.7. The quantitative estimate of drug-likeness (QED) is 0.316. The number of fused-ring (bicyclic) bond motifs is 3. The lowest BCUT2D eigenvalue weighted by Crippen LogP contribution is -2.41.